The number of aryl methyl sites for hydroxylation is 1. The highest BCUT2D eigenvalue weighted by Crippen LogP contribution is 2.44. The average Bonchev–Trinajstić information content (AvgIpc) is 3.41. The number of rotatable bonds is 6. The minimum atomic E-state index is -4.68. The Morgan fingerprint density at radius 3 is 2.42 bits per heavy atom. The number of hydrogen-bond donors (Lipinski definition) is 2. The van der Waals surface area contributed by atoms with Crippen LogP contribution in [0.1, 0.15) is 41.9 Å². The molecule has 5 rings (SSSR count). The Balaban J connectivity index is 1.54. The van der Waals surface area contributed by atoms with Gasteiger partial charge in [0.25, 0.3) is 0 Å². The molecular formula is C28H25F4N5O2S. The van der Waals surface area contributed by atoms with E-state index in [0.717, 1.165) is 22.7 Å². The molecule has 0 aliphatic heterocycles. The summed E-state index contributed by atoms with van der Waals surface area (Å²) in [7, 11) is 0. The molecule has 1 amide bonds. The molecular weight excluding hydrogens is 546 g/mol. The van der Waals surface area contributed by atoms with Crippen LogP contribution in [0, 0.1) is 18.7 Å². The van der Waals surface area contributed by atoms with Crippen molar-refractivity contribution in [3.05, 3.63) is 83.0 Å². The number of carbonyl (C=O) groups is 1. The number of hydrogen-bond acceptors (Lipinski definition) is 7. The minimum absolute atomic E-state index is 0.233. The molecule has 0 saturated heterocycles. The number of alkyl halides is 3. The number of benzene rings is 2. The zero-order valence-electron chi connectivity index (χ0n) is 21.3. The van der Waals surface area contributed by atoms with Gasteiger partial charge in [-0.1, -0.05) is 6.07 Å². The van der Waals surface area contributed by atoms with Gasteiger partial charge in [-0.05, 0) is 86.2 Å². The van der Waals surface area contributed by atoms with Crippen molar-refractivity contribution in [1.29, 1.82) is 0 Å². The molecule has 0 atom stereocenters. The van der Waals surface area contributed by atoms with E-state index < -0.39 is 23.3 Å². The highest BCUT2D eigenvalue weighted by Gasteiger charge is 2.39. The van der Waals surface area contributed by atoms with E-state index in [2.05, 4.69) is 15.0 Å². The first-order valence-electron chi connectivity index (χ1n) is 12.5. The van der Waals surface area contributed by atoms with Crippen molar-refractivity contribution in [1.82, 2.24) is 15.0 Å². The summed E-state index contributed by atoms with van der Waals surface area (Å²) in [5.74, 6) is -1.37. The first-order valence-corrected chi connectivity index (χ1v) is 13.3. The fourth-order valence-electron chi connectivity index (χ4n) is 4.83. The lowest BCUT2D eigenvalue weighted by atomic mass is 9.79. The van der Waals surface area contributed by atoms with Crippen molar-refractivity contribution in [3.8, 4) is 10.4 Å². The second-order valence-electron chi connectivity index (χ2n) is 9.85. The first-order chi connectivity index (χ1) is 18.9. The quantitative estimate of drug-likeness (QED) is 0.260. The van der Waals surface area contributed by atoms with Crippen LogP contribution in [0.3, 0.4) is 0 Å². The van der Waals surface area contributed by atoms with Crippen LogP contribution in [0.2, 0.25) is 0 Å². The van der Waals surface area contributed by atoms with Crippen LogP contribution in [0.5, 0.6) is 0 Å². The number of anilines is 3. The third-order valence-electron chi connectivity index (χ3n) is 6.94. The summed E-state index contributed by atoms with van der Waals surface area (Å²) in [5, 5.41) is 11.8. The summed E-state index contributed by atoms with van der Waals surface area (Å²) >= 11 is 1.30. The summed E-state index contributed by atoms with van der Waals surface area (Å²) < 4.78 is 54.2. The van der Waals surface area contributed by atoms with Crippen molar-refractivity contribution in [2.24, 2.45) is 11.7 Å². The number of nitrogens with two attached hydrogens (primary N) is 1. The number of aromatic nitrogens is 3. The fraction of sp³-hybridized carbons (Fsp3) is 0.286. The van der Waals surface area contributed by atoms with Crippen LogP contribution in [0.25, 0.3) is 10.4 Å². The molecule has 0 radical (unpaired) electrons. The Bertz CT molecular complexity index is 1530. The van der Waals surface area contributed by atoms with Crippen LogP contribution in [-0.4, -0.2) is 26.0 Å². The molecule has 1 fully saturated rings. The Kier molecular flexibility index (Phi) is 7.32. The van der Waals surface area contributed by atoms with Gasteiger partial charge < -0.3 is 10.8 Å². The number of halogens is 4. The van der Waals surface area contributed by atoms with E-state index >= 15 is 0 Å². The average molecular weight is 572 g/mol. The second-order valence-corrected chi connectivity index (χ2v) is 10.9. The normalized spacial score (nSPS) is 19.4. The molecule has 2 aromatic heterocycles. The number of primary amides is 1. The van der Waals surface area contributed by atoms with Gasteiger partial charge in [-0.2, -0.15) is 13.2 Å². The Morgan fingerprint density at radius 1 is 1.07 bits per heavy atom. The molecule has 7 nitrogen and oxygen atoms in total. The summed E-state index contributed by atoms with van der Waals surface area (Å²) in [5.41, 5.74) is 5.47. The van der Waals surface area contributed by atoms with E-state index in [1.54, 1.807) is 18.3 Å². The molecule has 1 aliphatic rings. The van der Waals surface area contributed by atoms with E-state index in [-0.39, 0.29) is 17.8 Å². The van der Waals surface area contributed by atoms with Crippen LogP contribution in [0.4, 0.5) is 34.9 Å². The predicted octanol–water partition coefficient (Wildman–Crippen LogP) is 6.40. The van der Waals surface area contributed by atoms with E-state index in [1.165, 1.54) is 40.5 Å². The maximum absolute atomic E-state index is 13.7. The minimum Gasteiger partial charge on any atom is -0.383 e. The number of carbonyl (C=O) groups excluding carboxylic acids is 1. The van der Waals surface area contributed by atoms with Crippen LogP contribution in [0.15, 0.2) is 60.9 Å². The Hall–Kier alpha value is -3.90. The topological polar surface area (TPSA) is 105 Å². The second kappa shape index (κ2) is 10.6. The molecule has 2 heterocycles. The molecule has 40 heavy (non-hydrogen) atoms. The van der Waals surface area contributed by atoms with Gasteiger partial charge in [0.15, 0.2) is 0 Å². The maximum Gasteiger partial charge on any atom is 0.433 e. The molecule has 208 valence electrons. The highest BCUT2D eigenvalue weighted by molar-refractivity contribution is 7.15. The zero-order valence-corrected chi connectivity index (χ0v) is 22.1. The van der Waals surface area contributed by atoms with Crippen molar-refractivity contribution in [2.75, 3.05) is 4.90 Å². The van der Waals surface area contributed by atoms with Crippen molar-refractivity contribution in [3.63, 3.8) is 0 Å². The van der Waals surface area contributed by atoms with E-state index in [1.807, 2.05) is 13.0 Å². The number of amides is 1. The van der Waals surface area contributed by atoms with E-state index in [9.17, 15) is 27.5 Å². The molecule has 1 saturated carbocycles. The van der Waals surface area contributed by atoms with Gasteiger partial charge in [0.2, 0.25) is 11.9 Å². The molecule has 0 spiro atoms. The molecule has 1 aliphatic carbocycles. The van der Waals surface area contributed by atoms with Crippen molar-refractivity contribution >= 4 is 34.6 Å². The van der Waals surface area contributed by atoms with Crippen LogP contribution < -0.4 is 10.6 Å². The summed E-state index contributed by atoms with van der Waals surface area (Å²) in [6.07, 6.45) is -0.353. The standard InChI is InChI=1S/C28H25F4N5O2S/c1-16-12-18(22-15-35-25(40-22)27(39)9-6-17(7-10-27)24(33)38)14-21(13-16)37(20-4-2-19(29)3-5-20)26-34-11-8-23(36-26)28(30,31)32/h2-5,8,11-15,17,39H,6-7,9-10H2,1H3,(H2,33,38). The highest BCUT2D eigenvalue weighted by atomic mass is 32.1. The lowest BCUT2D eigenvalue weighted by Gasteiger charge is -2.33. The van der Waals surface area contributed by atoms with Crippen molar-refractivity contribution in [2.45, 2.75) is 44.4 Å². The molecule has 3 N–H and O–H groups in total. The van der Waals surface area contributed by atoms with Gasteiger partial charge >= 0.3 is 6.18 Å². The van der Waals surface area contributed by atoms with E-state index in [4.69, 9.17) is 5.73 Å². The number of aliphatic hydroxyl groups is 1. The third kappa shape index (κ3) is 5.68. The van der Waals surface area contributed by atoms with Gasteiger partial charge in [-0.25, -0.2) is 19.3 Å². The monoisotopic (exact) mass is 571 g/mol. The smallest absolute Gasteiger partial charge is 0.383 e. The van der Waals surface area contributed by atoms with Crippen LogP contribution >= 0.6 is 11.3 Å². The molecule has 0 bridgehead atoms. The fourth-order valence-corrected chi connectivity index (χ4v) is 5.88. The Morgan fingerprint density at radius 2 is 1.77 bits per heavy atom. The van der Waals surface area contributed by atoms with Gasteiger partial charge in [0.05, 0.1) is 10.6 Å². The number of nitrogens with zero attached hydrogens (tertiary/aromatic N) is 4. The largest absolute Gasteiger partial charge is 0.433 e. The SMILES string of the molecule is Cc1cc(-c2cnc(C3(O)CCC(C(N)=O)CC3)s2)cc(N(c2ccc(F)cc2)c2nccc(C(F)(F)F)n2)c1. The first kappa shape index (κ1) is 27.7. The van der Waals surface area contributed by atoms with Gasteiger partial charge in [0, 0.05) is 24.0 Å². The van der Waals surface area contributed by atoms with Gasteiger partial charge in [0.1, 0.15) is 22.1 Å². The molecule has 4 aromatic rings. The third-order valence-corrected chi connectivity index (χ3v) is 8.18. The summed E-state index contributed by atoms with van der Waals surface area (Å²) in [4.78, 5) is 26.0. The lowest BCUT2D eigenvalue weighted by Crippen LogP contribution is -2.35. The predicted molar refractivity (Wildman–Crippen MR) is 143 cm³/mol. The molecule has 2 aromatic carbocycles. The summed E-state index contributed by atoms with van der Waals surface area (Å²) in [6.45, 7) is 1.84. The van der Waals surface area contributed by atoms with Crippen LogP contribution in [-0.2, 0) is 16.6 Å². The maximum atomic E-state index is 13.7. The van der Waals surface area contributed by atoms with Gasteiger partial charge in [-0.15, -0.1) is 11.3 Å². The summed E-state index contributed by atoms with van der Waals surface area (Å²) in [6, 6.07) is 11.5. The Labute approximate surface area is 231 Å². The lowest BCUT2D eigenvalue weighted by molar-refractivity contribution is -0.141. The van der Waals surface area contributed by atoms with Gasteiger partial charge in [-0.3, -0.25) is 9.69 Å². The number of thiazole rings is 1. The van der Waals surface area contributed by atoms with Crippen molar-refractivity contribution < 1.29 is 27.5 Å². The zero-order chi connectivity index (χ0) is 28.7. The molecule has 0 unspecified atom stereocenters. The molecule has 12 heteroatoms. The van der Waals surface area contributed by atoms with E-state index in [0.29, 0.717) is 47.6 Å².